The van der Waals surface area contributed by atoms with Crippen LogP contribution >= 0.6 is 11.6 Å². The topological polar surface area (TPSA) is 74.2 Å². The second kappa shape index (κ2) is 7.61. The number of carbonyl (C=O) groups is 1. The monoisotopic (exact) mass is 411 g/mol. The Morgan fingerprint density at radius 3 is 2.24 bits per heavy atom. The fraction of sp³-hybridized carbons (Fsp3) is 0.391. The smallest absolute Gasteiger partial charge is 0.251 e. The van der Waals surface area contributed by atoms with E-state index in [2.05, 4.69) is 38.3 Å². The van der Waals surface area contributed by atoms with Gasteiger partial charge in [-0.15, -0.1) is 0 Å². The first-order valence-corrected chi connectivity index (χ1v) is 9.94. The van der Waals surface area contributed by atoms with Crippen LogP contribution in [-0.4, -0.2) is 25.1 Å². The molecular weight excluding hydrogens is 386 g/mol. The van der Waals surface area contributed by atoms with Crippen molar-refractivity contribution in [1.29, 1.82) is 5.26 Å². The molecule has 3 rings (SSSR count). The van der Waals surface area contributed by atoms with Crippen molar-refractivity contribution >= 4 is 23.2 Å². The van der Waals surface area contributed by atoms with Gasteiger partial charge in [-0.25, -0.2) is 0 Å². The number of hydrogen-bond acceptors (Lipinski definition) is 4. The Balaban J connectivity index is 1.74. The van der Waals surface area contributed by atoms with Crippen molar-refractivity contribution in [1.82, 2.24) is 5.32 Å². The number of anilines is 1. The zero-order valence-corrected chi connectivity index (χ0v) is 18.1. The minimum atomic E-state index is -0.287. The molecule has 0 unspecified atom stereocenters. The highest BCUT2D eigenvalue weighted by Crippen LogP contribution is 2.55. The van der Waals surface area contributed by atoms with E-state index in [9.17, 15) is 4.79 Å². The van der Waals surface area contributed by atoms with Crippen LogP contribution in [0.5, 0.6) is 5.75 Å². The zero-order chi connectivity index (χ0) is 21.4. The van der Waals surface area contributed by atoms with Gasteiger partial charge >= 0.3 is 0 Å². The van der Waals surface area contributed by atoms with Gasteiger partial charge in [-0.1, -0.05) is 39.3 Å². The average molecular weight is 412 g/mol. The predicted molar refractivity (Wildman–Crippen MR) is 115 cm³/mol. The molecule has 2 aromatic carbocycles. The standard InChI is InChI=1S/C23H26ClN3O2/c1-22(2)20(27-19(28)14-6-9-16(26-5)10-7-14)23(3,4)21(22)29-17-11-8-15(13-25)18(24)12-17/h6-12,20-21,26H,1-5H3,(H,27,28). The third kappa shape index (κ3) is 3.77. The SMILES string of the molecule is CNc1ccc(C(=O)NC2C(C)(C)C(Oc3ccc(C#N)c(Cl)c3)C2(C)C)cc1. The molecule has 0 heterocycles. The molecule has 1 saturated carbocycles. The van der Waals surface area contributed by atoms with Gasteiger partial charge in [0.2, 0.25) is 0 Å². The lowest BCUT2D eigenvalue weighted by atomic mass is 9.49. The highest BCUT2D eigenvalue weighted by atomic mass is 35.5. The number of benzene rings is 2. The third-order valence-corrected chi connectivity index (χ3v) is 6.18. The van der Waals surface area contributed by atoms with Crippen LogP contribution < -0.4 is 15.4 Å². The Morgan fingerprint density at radius 2 is 1.72 bits per heavy atom. The summed E-state index contributed by atoms with van der Waals surface area (Å²) in [5.74, 6) is 0.520. The van der Waals surface area contributed by atoms with Crippen LogP contribution in [0.2, 0.25) is 5.02 Å². The van der Waals surface area contributed by atoms with Gasteiger partial charge in [0.25, 0.3) is 5.91 Å². The summed E-state index contributed by atoms with van der Waals surface area (Å²) in [6.07, 6.45) is -0.129. The quantitative estimate of drug-likeness (QED) is 0.736. The van der Waals surface area contributed by atoms with E-state index in [0.29, 0.717) is 21.9 Å². The highest BCUT2D eigenvalue weighted by molar-refractivity contribution is 6.31. The van der Waals surface area contributed by atoms with Crippen molar-refractivity contribution in [3.8, 4) is 11.8 Å². The second-order valence-electron chi connectivity index (χ2n) is 8.63. The minimum absolute atomic E-state index is 0.0645. The summed E-state index contributed by atoms with van der Waals surface area (Å²) >= 11 is 6.14. The highest BCUT2D eigenvalue weighted by Gasteiger charge is 2.64. The average Bonchev–Trinajstić information content (AvgIpc) is 2.69. The number of nitrogens with zero attached hydrogens (tertiary/aromatic N) is 1. The summed E-state index contributed by atoms with van der Waals surface area (Å²) in [4.78, 5) is 12.8. The van der Waals surface area contributed by atoms with E-state index in [1.807, 2.05) is 37.4 Å². The number of halogens is 1. The number of rotatable bonds is 5. The lowest BCUT2D eigenvalue weighted by Gasteiger charge is -2.63. The molecule has 29 heavy (non-hydrogen) atoms. The van der Waals surface area contributed by atoms with Gasteiger partial charge in [0, 0.05) is 41.2 Å². The maximum Gasteiger partial charge on any atom is 0.251 e. The first kappa shape index (κ1) is 21.0. The lowest BCUT2D eigenvalue weighted by Crippen LogP contribution is -2.74. The van der Waals surface area contributed by atoms with Gasteiger partial charge < -0.3 is 15.4 Å². The summed E-state index contributed by atoms with van der Waals surface area (Å²) in [6.45, 7) is 8.35. The van der Waals surface area contributed by atoms with Crippen molar-refractivity contribution in [2.24, 2.45) is 10.8 Å². The van der Waals surface area contributed by atoms with Crippen LogP contribution in [0.4, 0.5) is 5.69 Å². The molecule has 1 amide bonds. The molecule has 0 atom stereocenters. The van der Waals surface area contributed by atoms with Gasteiger partial charge in [0.15, 0.2) is 0 Å². The number of nitrogens with one attached hydrogen (secondary N) is 2. The Hall–Kier alpha value is -2.71. The number of hydrogen-bond donors (Lipinski definition) is 2. The van der Waals surface area contributed by atoms with E-state index in [4.69, 9.17) is 21.6 Å². The summed E-state index contributed by atoms with van der Waals surface area (Å²) in [7, 11) is 1.84. The van der Waals surface area contributed by atoms with Gasteiger partial charge in [0.1, 0.15) is 17.9 Å². The molecule has 5 nitrogen and oxygen atoms in total. The van der Waals surface area contributed by atoms with Crippen LogP contribution in [0.25, 0.3) is 0 Å². The molecular formula is C23H26ClN3O2. The molecule has 1 aliphatic carbocycles. The molecule has 152 valence electrons. The fourth-order valence-electron chi connectivity index (χ4n) is 4.60. The number of ether oxygens (including phenoxy) is 1. The number of carbonyl (C=O) groups excluding carboxylic acids is 1. The maximum atomic E-state index is 12.8. The van der Waals surface area contributed by atoms with Crippen LogP contribution in [-0.2, 0) is 0 Å². The minimum Gasteiger partial charge on any atom is -0.489 e. The van der Waals surface area contributed by atoms with Crippen molar-refractivity contribution in [2.45, 2.75) is 39.8 Å². The van der Waals surface area contributed by atoms with E-state index in [-0.39, 0.29) is 28.9 Å². The van der Waals surface area contributed by atoms with E-state index in [0.717, 1.165) is 5.69 Å². The van der Waals surface area contributed by atoms with Crippen LogP contribution in [0, 0.1) is 22.2 Å². The first-order chi connectivity index (χ1) is 13.6. The largest absolute Gasteiger partial charge is 0.489 e. The van der Waals surface area contributed by atoms with Gasteiger partial charge in [-0.3, -0.25) is 4.79 Å². The van der Waals surface area contributed by atoms with Crippen LogP contribution in [0.15, 0.2) is 42.5 Å². The molecule has 0 spiro atoms. The maximum absolute atomic E-state index is 12.8. The Morgan fingerprint density at radius 1 is 1.10 bits per heavy atom. The fourth-order valence-corrected chi connectivity index (χ4v) is 4.81. The molecule has 2 N–H and O–H groups in total. The molecule has 0 aromatic heterocycles. The molecule has 0 saturated heterocycles. The molecule has 6 heteroatoms. The molecule has 0 aliphatic heterocycles. The van der Waals surface area contributed by atoms with E-state index >= 15 is 0 Å². The first-order valence-electron chi connectivity index (χ1n) is 9.56. The van der Waals surface area contributed by atoms with Crippen molar-refractivity contribution < 1.29 is 9.53 Å². The van der Waals surface area contributed by atoms with Crippen LogP contribution in [0.1, 0.15) is 43.6 Å². The molecule has 1 fully saturated rings. The van der Waals surface area contributed by atoms with Gasteiger partial charge in [0.05, 0.1) is 10.6 Å². The van der Waals surface area contributed by atoms with E-state index in [1.54, 1.807) is 18.2 Å². The van der Waals surface area contributed by atoms with E-state index < -0.39 is 0 Å². The molecule has 1 aliphatic rings. The Bertz CT molecular complexity index is 945. The second-order valence-corrected chi connectivity index (χ2v) is 9.04. The third-order valence-electron chi connectivity index (χ3n) is 5.87. The Labute approximate surface area is 177 Å². The number of nitriles is 1. The number of amides is 1. The molecule has 2 aromatic rings. The zero-order valence-electron chi connectivity index (χ0n) is 17.3. The summed E-state index contributed by atoms with van der Waals surface area (Å²) < 4.78 is 6.26. The molecule has 0 radical (unpaired) electrons. The summed E-state index contributed by atoms with van der Waals surface area (Å²) in [5, 5.41) is 15.6. The van der Waals surface area contributed by atoms with Gasteiger partial charge in [-0.2, -0.15) is 5.26 Å². The van der Waals surface area contributed by atoms with Crippen molar-refractivity contribution in [3.63, 3.8) is 0 Å². The van der Waals surface area contributed by atoms with E-state index in [1.165, 1.54) is 0 Å². The summed E-state index contributed by atoms with van der Waals surface area (Å²) in [5.41, 5.74) is 1.43. The predicted octanol–water partition coefficient (Wildman–Crippen LogP) is 4.87. The van der Waals surface area contributed by atoms with Crippen LogP contribution in [0.3, 0.4) is 0 Å². The van der Waals surface area contributed by atoms with Crippen molar-refractivity contribution in [2.75, 3.05) is 12.4 Å². The summed E-state index contributed by atoms with van der Waals surface area (Å²) in [6, 6.07) is 14.5. The Kier molecular flexibility index (Phi) is 5.51. The van der Waals surface area contributed by atoms with Crippen molar-refractivity contribution in [3.05, 3.63) is 58.6 Å². The molecule has 0 bridgehead atoms. The van der Waals surface area contributed by atoms with Gasteiger partial charge in [-0.05, 0) is 36.4 Å². The normalized spacial score (nSPS) is 21.4. The lowest BCUT2D eigenvalue weighted by molar-refractivity contribution is -0.164.